The van der Waals surface area contributed by atoms with Gasteiger partial charge in [-0.1, -0.05) is 0 Å². The number of nitrogens with zero attached hydrogens (tertiary/aromatic N) is 2. The second-order valence-corrected chi connectivity index (χ2v) is 2.57. The van der Waals surface area contributed by atoms with Crippen molar-refractivity contribution in [3.63, 3.8) is 0 Å². The van der Waals surface area contributed by atoms with Crippen LogP contribution in [0.25, 0.3) is 0 Å². The quantitative estimate of drug-likeness (QED) is 0.313. The first kappa shape index (κ1) is 13.0. The Kier molecular flexibility index (Phi) is 5.29. The van der Waals surface area contributed by atoms with Crippen LogP contribution in [0.15, 0.2) is 4.99 Å². The van der Waals surface area contributed by atoms with Gasteiger partial charge in [-0.05, 0) is 13.8 Å². The van der Waals surface area contributed by atoms with Gasteiger partial charge < -0.3 is 4.90 Å². The van der Waals surface area contributed by atoms with Crippen LogP contribution in [0.1, 0.15) is 13.8 Å². The summed E-state index contributed by atoms with van der Waals surface area (Å²) in [4.78, 5) is 4.84. The van der Waals surface area contributed by atoms with E-state index >= 15 is 0 Å². The van der Waals surface area contributed by atoms with Crippen LogP contribution in [0.3, 0.4) is 0 Å². The second kappa shape index (κ2) is 5.69. The van der Waals surface area contributed by atoms with E-state index in [4.69, 9.17) is 5.84 Å². The third-order valence-electron chi connectivity index (χ3n) is 1.49. The van der Waals surface area contributed by atoms with Crippen molar-refractivity contribution in [2.45, 2.75) is 20.0 Å². The number of alkyl halides is 3. The van der Waals surface area contributed by atoms with E-state index in [1.807, 2.05) is 0 Å². The molecule has 0 rings (SSSR count). The molecule has 0 heterocycles. The van der Waals surface area contributed by atoms with Gasteiger partial charge in [0.05, 0.1) is 0 Å². The van der Waals surface area contributed by atoms with Gasteiger partial charge in [-0.2, -0.15) is 13.2 Å². The summed E-state index contributed by atoms with van der Waals surface area (Å²) in [5.41, 5.74) is 2.15. The summed E-state index contributed by atoms with van der Waals surface area (Å²) < 4.78 is 36.2. The Balaban J connectivity index is 4.45. The molecule has 0 saturated carbocycles. The van der Waals surface area contributed by atoms with Crippen LogP contribution in [0.5, 0.6) is 0 Å². The van der Waals surface area contributed by atoms with Gasteiger partial charge >= 0.3 is 6.18 Å². The summed E-state index contributed by atoms with van der Waals surface area (Å²) in [6, 6.07) is 0. The molecular formula is C7H15F3N4. The number of nitrogens with two attached hydrogens (primary N) is 1. The Morgan fingerprint density at radius 3 is 2.29 bits per heavy atom. The number of nitrogens with one attached hydrogen (secondary N) is 1. The Bertz CT molecular complexity index is 190. The summed E-state index contributed by atoms with van der Waals surface area (Å²) in [7, 11) is 0. The van der Waals surface area contributed by atoms with Crippen molar-refractivity contribution in [3.05, 3.63) is 0 Å². The molecule has 84 valence electrons. The molecule has 7 heteroatoms. The van der Waals surface area contributed by atoms with Gasteiger partial charge in [0.2, 0.25) is 5.96 Å². The van der Waals surface area contributed by atoms with Gasteiger partial charge in [0.15, 0.2) is 0 Å². The lowest BCUT2D eigenvalue weighted by atomic mass is 10.5. The zero-order valence-electron chi connectivity index (χ0n) is 8.23. The monoisotopic (exact) mass is 212 g/mol. The predicted octanol–water partition coefficient (Wildman–Crippen LogP) is 0.710. The van der Waals surface area contributed by atoms with E-state index in [-0.39, 0.29) is 12.5 Å². The molecule has 0 atom stereocenters. The molecule has 0 aliphatic carbocycles. The number of hydrazine groups is 1. The summed E-state index contributed by atoms with van der Waals surface area (Å²) in [5, 5.41) is 0. The van der Waals surface area contributed by atoms with Crippen molar-refractivity contribution < 1.29 is 13.2 Å². The van der Waals surface area contributed by atoms with E-state index in [0.717, 1.165) is 4.90 Å². The second-order valence-electron chi connectivity index (χ2n) is 2.57. The number of hydrogen-bond donors (Lipinski definition) is 2. The van der Waals surface area contributed by atoms with E-state index < -0.39 is 12.7 Å². The van der Waals surface area contributed by atoms with Crippen LogP contribution < -0.4 is 11.3 Å². The highest BCUT2D eigenvalue weighted by Crippen LogP contribution is 2.16. The molecule has 0 aliphatic heterocycles. The summed E-state index contributed by atoms with van der Waals surface area (Å²) in [6.07, 6.45) is -4.25. The van der Waals surface area contributed by atoms with Crippen LogP contribution in [0.4, 0.5) is 13.2 Å². The van der Waals surface area contributed by atoms with Crippen LogP contribution in [0, 0.1) is 0 Å². The number of guanidine groups is 1. The van der Waals surface area contributed by atoms with Crippen molar-refractivity contribution in [1.29, 1.82) is 0 Å². The van der Waals surface area contributed by atoms with Crippen LogP contribution in [0.2, 0.25) is 0 Å². The first-order valence-corrected chi connectivity index (χ1v) is 4.27. The molecule has 0 aromatic carbocycles. The van der Waals surface area contributed by atoms with Gasteiger partial charge in [0.25, 0.3) is 0 Å². The lowest BCUT2D eigenvalue weighted by Gasteiger charge is -2.24. The van der Waals surface area contributed by atoms with Crippen molar-refractivity contribution in [2.24, 2.45) is 10.8 Å². The summed E-state index contributed by atoms with van der Waals surface area (Å²) in [5.74, 6) is 5.13. The van der Waals surface area contributed by atoms with Crippen molar-refractivity contribution in [3.8, 4) is 0 Å². The smallest absolute Gasteiger partial charge is 0.333 e. The molecule has 0 unspecified atom stereocenters. The highest BCUT2D eigenvalue weighted by molar-refractivity contribution is 5.79. The molecule has 0 radical (unpaired) electrons. The van der Waals surface area contributed by atoms with E-state index in [1.54, 1.807) is 13.8 Å². The van der Waals surface area contributed by atoms with Crippen LogP contribution in [-0.4, -0.2) is 36.7 Å². The minimum atomic E-state index is -4.25. The first-order valence-electron chi connectivity index (χ1n) is 4.27. The average molecular weight is 212 g/mol. The zero-order chi connectivity index (χ0) is 11.2. The number of aliphatic imine (C=N–C) groups is 1. The largest absolute Gasteiger partial charge is 0.406 e. The van der Waals surface area contributed by atoms with Gasteiger partial charge in [0, 0.05) is 13.1 Å². The van der Waals surface area contributed by atoms with Gasteiger partial charge in [0.1, 0.15) is 6.54 Å². The minimum absolute atomic E-state index is 0.0623. The van der Waals surface area contributed by atoms with Crippen LogP contribution >= 0.6 is 0 Å². The minimum Gasteiger partial charge on any atom is -0.333 e. The Labute approximate surface area is 80.9 Å². The fourth-order valence-electron chi connectivity index (χ4n) is 0.940. The third kappa shape index (κ3) is 4.90. The fraction of sp³-hybridized carbons (Fsp3) is 0.857. The van der Waals surface area contributed by atoms with Gasteiger partial charge in [-0.15, -0.1) is 0 Å². The molecule has 3 N–H and O–H groups in total. The third-order valence-corrected chi connectivity index (χ3v) is 1.49. The van der Waals surface area contributed by atoms with E-state index in [9.17, 15) is 13.2 Å². The van der Waals surface area contributed by atoms with E-state index in [2.05, 4.69) is 10.4 Å². The number of rotatable bonds is 3. The zero-order valence-corrected chi connectivity index (χ0v) is 8.23. The molecular weight excluding hydrogens is 197 g/mol. The molecule has 4 nitrogen and oxygen atoms in total. The number of halogens is 3. The van der Waals surface area contributed by atoms with Crippen molar-refractivity contribution in [1.82, 2.24) is 10.3 Å². The van der Waals surface area contributed by atoms with E-state index in [1.165, 1.54) is 0 Å². The van der Waals surface area contributed by atoms with E-state index in [0.29, 0.717) is 6.54 Å². The molecule has 0 aromatic heterocycles. The molecule has 0 aromatic rings. The Morgan fingerprint density at radius 1 is 1.43 bits per heavy atom. The van der Waals surface area contributed by atoms with Crippen molar-refractivity contribution >= 4 is 5.96 Å². The summed E-state index contributed by atoms with van der Waals surface area (Å²) >= 11 is 0. The molecule has 0 aliphatic rings. The first-order chi connectivity index (χ1) is 6.44. The predicted molar refractivity (Wildman–Crippen MR) is 48.6 cm³/mol. The SMILES string of the molecule is CCN=C(NN)N(CC)CC(F)(F)F. The van der Waals surface area contributed by atoms with Gasteiger partial charge in [-0.3, -0.25) is 10.4 Å². The maximum absolute atomic E-state index is 12.1. The normalized spacial score (nSPS) is 12.9. The molecule has 0 fully saturated rings. The molecule has 0 spiro atoms. The molecule has 0 saturated heterocycles. The molecule has 14 heavy (non-hydrogen) atoms. The van der Waals surface area contributed by atoms with Crippen LogP contribution in [-0.2, 0) is 0 Å². The molecule has 0 bridgehead atoms. The Hall–Kier alpha value is -0.980. The topological polar surface area (TPSA) is 53.6 Å². The van der Waals surface area contributed by atoms with Crippen molar-refractivity contribution in [2.75, 3.05) is 19.6 Å². The number of hydrogen-bond acceptors (Lipinski definition) is 2. The lowest BCUT2D eigenvalue weighted by molar-refractivity contribution is -0.137. The highest BCUT2D eigenvalue weighted by atomic mass is 19.4. The molecule has 0 amide bonds. The Morgan fingerprint density at radius 2 is 2.00 bits per heavy atom. The highest BCUT2D eigenvalue weighted by Gasteiger charge is 2.31. The maximum atomic E-state index is 12.1. The summed E-state index contributed by atoms with van der Waals surface area (Å²) in [6.45, 7) is 2.86. The fourth-order valence-corrected chi connectivity index (χ4v) is 0.940. The lowest BCUT2D eigenvalue weighted by Crippen LogP contribution is -2.48. The van der Waals surface area contributed by atoms with Gasteiger partial charge in [-0.25, -0.2) is 5.84 Å². The maximum Gasteiger partial charge on any atom is 0.406 e. The average Bonchev–Trinajstić information content (AvgIpc) is 2.09. The standard InChI is InChI=1S/C7H15F3N4/c1-3-12-6(13-11)14(4-2)5-7(8,9)10/h3-5,11H2,1-2H3,(H,12,13).